The Morgan fingerprint density at radius 3 is 2.68 bits per heavy atom. The minimum atomic E-state index is -0.0273. The van der Waals surface area contributed by atoms with Gasteiger partial charge in [-0.25, -0.2) is 0 Å². The minimum Gasteiger partial charge on any atom is -0.380 e. The number of fused-ring (bicyclic) bond motifs is 2. The van der Waals surface area contributed by atoms with Gasteiger partial charge in [0.2, 0.25) is 0 Å². The van der Waals surface area contributed by atoms with E-state index in [1.54, 1.807) is 11.8 Å². The molecule has 0 saturated heterocycles. The lowest BCUT2D eigenvalue weighted by molar-refractivity contribution is 0.0954. The fraction of sp³-hybridized carbons (Fsp3) is 0.208. The first kappa shape index (κ1) is 18.6. The van der Waals surface area contributed by atoms with Crippen LogP contribution in [-0.4, -0.2) is 12.5 Å². The topological polar surface area (TPSA) is 41.1 Å². The van der Waals surface area contributed by atoms with Crippen molar-refractivity contribution in [1.29, 1.82) is 0 Å². The molecule has 28 heavy (non-hydrogen) atoms. The van der Waals surface area contributed by atoms with Crippen LogP contribution in [-0.2, 0) is 19.4 Å². The number of nitrogens with one attached hydrogen (secondary N) is 2. The highest BCUT2D eigenvalue weighted by Gasteiger charge is 2.16. The molecule has 0 unspecified atom stereocenters. The van der Waals surface area contributed by atoms with Crippen LogP contribution in [0.1, 0.15) is 34.0 Å². The molecule has 4 heteroatoms. The van der Waals surface area contributed by atoms with E-state index in [0.29, 0.717) is 12.1 Å². The van der Waals surface area contributed by atoms with Crippen molar-refractivity contribution in [2.75, 3.05) is 11.9 Å². The Morgan fingerprint density at radius 2 is 1.86 bits per heavy atom. The molecule has 3 aromatic rings. The van der Waals surface area contributed by atoms with Crippen molar-refractivity contribution < 1.29 is 4.79 Å². The highest BCUT2D eigenvalue weighted by atomic mass is 32.2. The van der Waals surface area contributed by atoms with Gasteiger partial charge in [-0.05, 0) is 53.8 Å². The standard InChI is InChI=1S/C24H24N2OS/c1-2-17-8-9-20-16-26-21-15-19(10-11-22(21)28-23(20)14-17)24(27)25-13-12-18-6-4-3-5-7-18/h3-11,14-15,26H,2,12-13,16H2,1H3,(H,25,27). The van der Waals surface area contributed by atoms with Gasteiger partial charge in [-0.1, -0.05) is 61.2 Å². The second-order valence-electron chi connectivity index (χ2n) is 6.95. The lowest BCUT2D eigenvalue weighted by Crippen LogP contribution is -2.25. The monoisotopic (exact) mass is 388 g/mol. The molecule has 3 nitrogen and oxygen atoms in total. The maximum atomic E-state index is 12.6. The largest absolute Gasteiger partial charge is 0.380 e. The molecule has 2 N–H and O–H groups in total. The Hall–Kier alpha value is -2.72. The summed E-state index contributed by atoms with van der Waals surface area (Å²) in [5, 5.41) is 6.52. The molecule has 0 atom stereocenters. The van der Waals surface area contributed by atoms with E-state index in [0.717, 1.165) is 30.0 Å². The van der Waals surface area contributed by atoms with Gasteiger partial charge in [0.1, 0.15) is 0 Å². The van der Waals surface area contributed by atoms with Crippen molar-refractivity contribution in [3.8, 4) is 0 Å². The molecule has 1 heterocycles. The Kier molecular flexibility index (Phi) is 5.68. The van der Waals surface area contributed by atoms with Gasteiger partial charge < -0.3 is 10.6 Å². The van der Waals surface area contributed by atoms with Crippen LogP contribution in [0.5, 0.6) is 0 Å². The summed E-state index contributed by atoms with van der Waals surface area (Å²) in [4.78, 5) is 15.0. The summed E-state index contributed by atoms with van der Waals surface area (Å²) in [5.41, 5.74) is 5.60. The number of carbonyl (C=O) groups excluding carboxylic acids is 1. The third kappa shape index (κ3) is 4.23. The molecule has 0 radical (unpaired) electrons. The van der Waals surface area contributed by atoms with E-state index in [1.807, 2.05) is 36.4 Å². The quantitative estimate of drug-likeness (QED) is 0.623. The summed E-state index contributed by atoms with van der Waals surface area (Å²) in [6.07, 6.45) is 1.87. The molecule has 1 aliphatic rings. The maximum absolute atomic E-state index is 12.6. The lowest BCUT2D eigenvalue weighted by atomic mass is 10.1. The van der Waals surface area contributed by atoms with Gasteiger partial charge >= 0.3 is 0 Å². The first-order chi connectivity index (χ1) is 13.7. The van der Waals surface area contributed by atoms with Crippen LogP contribution >= 0.6 is 11.8 Å². The number of carbonyl (C=O) groups is 1. The summed E-state index contributed by atoms with van der Waals surface area (Å²) >= 11 is 1.77. The van der Waals surface area contributed by atoms with E-state index < -0.39 is 0 Å². The van der Waals surface area contributed by atoms with Gasteiger partial charge in [-0.2, -0.15) is 0 Å². The number of anilines is 1. The predicted octanol–water partition coefficient (Wildman–Crippen LogP) is 5.30. The van der Waals surface area contributed by atoms with Gasteiger partial charge in [0, 0.05) is 34.1 Å². The van der Waals surface area contributed by atoms with Gasteiger partial charge in [0.15, 0.2) is 0 Å². The smallest absolute Gasteiger partial charge is 0.251 e. The van der Waals surface area contributed by atoms with Crippen molar-refractivity contribution in [1.82, 2.24) is 5.32 Å². The first-order valence-corrected chi connectivity index (χ1v) is 10.5. The van der Waals surface area contributed by atoms with Crippen LogP contribution in [0.15, 0.2) is 76.5 Å². The fourth-order valence-corrected chi connectivity index (χ4v) is 4.43. The molecule has 142 valence electrons. The van der Waals surface area contributed by atoms with Crippen LogP contribution in [0.25, 0.3) is 0 Å². The van der Waals surface area contributed by atoms with Crippen molar-refractivity contribution in [2.45, 2.75) is 36.1 Å². The minimum absolute atomic E-state index is 0.0273. The molecule has 0 aromatic heterocycles. The third-order valence-corrected chi connectivity index (χ3v) is 6.19. The zero-order chi connectivity index (χ0) is 19.3. The summed E-state index contributed by atoms with van der Waals surface area (Å²) in [7, 11) is 0. The molecule has 1 aliphatic heterocycles. The molecular formula is C24H24N2OS. The molecule has 1 amide bonds. The van der Waals surface area contributed by atoms with Crippen LogP contribution in [0, 0.1) is 0 Å². The summed E-state index contributed by atoms with van der Waals surface area (Å²) in [6, 6.07) is 22.8. The molecule has 4 rings (SSSR count). The number of hydrogen-bond donors (Lipinski definition) is 2. The van der Waals surface area contributed by atoms with E-state index >= 15 is 0 Å². The summed E-state index contributed by atoms with van der Waals surface area (Å²) in [6.45, 7) is 3.59. The van der Waals surface area contributed by atoms with E-state index in [9.17, 15) is 4.79 Å². The molecule has 3 aromatic carbocycles. The van der Waals surface area contributed by atoms with Crippen molar-refractivity contribution in [3.63, 3.8) is 0 Å². The van der Waals surface area contributed by atoms with E-state index in [-0.39, 0.29) is 5.91 Å². The van der Waals surface area contributed by atoms with E-state index in [4.69, 9.17) is 0 Å². The maximum Gasteiger partial charge on any atom is 0.251 e. The second kappa shape index (κ2) is 8.53. The Morgan fingerprint density at radius 1 is 1.00 bits per heavy atom. The number of aryl methyl sites for hydroxylation is 1. The molecule has 0 bridgehead atoms. The number of benzene rings is 3. The van der Waals surface area contributed by atoms with Crippen molar-refractivity contribution in [3.05, 3.63) is 89.0 Å². The number of amides is 1. The van der Waals surface area contributed by atoms with Crippen LogP contribution in [0.4, 0.5) is 5.69 Å². The number of rotatable bonds is 5. The highest BCUT2D eigenvalue weighted by molar-refractivity contribution is 7.99. The normalized spacial score (nSPS) is 12.3. The molecule has 0 fully saturated rings. The van der Waals surface area contributed by atoms with Gasteiger partial charge in [0.05, 0.1) is 0 Å². The lowest BCUT2D eigenvalue weighted by Gasteiger charge is -2.10. The fourth-order valence-electron chi connectivity index (χ4n) is 3.33. The zero-order valence-corrected chi connectivity index (χ0v) is 16.8. The van der Waals surface area contributed by atoms with Crippen LogP contribution in [0.3, 0.4) is 0 Å². The third-order valence-electron chi connectivity index (χ3n) is 5.01. The average molecular weight is 389 g/mol. The molecule has 0 spiro atoms. The summed E-state index contributed by atoms with van der Waals surface area (Å²) in [5.74, 6) is -0.0273. The van der Waals surface area contributed by atoms with Crippen LogP contribution < -0.4 is 10.6 Å². The second-order valence-corrected chi connectivity index (χ2v) is 8.04. The first-order valence-electron chi connectivity index (χ1n) is 9.72. The highest BCUT2D eigenvalue weighted by Crippen LogP contribution is 2.39. The zero-order valence-electron chi connectivity index (χ0n) is 16.0. The summed E-state index contributed by atoms with van der Waals surface area (Å²) < 4.78 is 0. The Labute approximate surface area is 170 Å². The molecule has 0 aliphatic carbocycles. The van der Waals surface area contributed by atoms with Crippen molar-refractivity contribution in [2.24, 2.45) is 0 Å². The van der Waals surface area contributed by atoms with E-state index in [1.165, 1.54) is 21.6 Å². The molecular weight excluding hydrogens is 364 g/mol. The molecule has 0 saturated carbocycles. The Balaban J connectivity index is 1.44. The van der Waals surface area contributed by atoms with Gasteiger partial charge in [-0.15, -0.1) is 0 Å². The van der Waals surface area contributed by atoms with Crippen LogP contribution in [0.2, 0.25) is 0 Å². The Bertz CT molecular complexity index is 985. The van der Waals surface area contributed by atoms with Crippen molar-refractivity contribution >= 4 is 23.4 Å². The van der Waals surface area contributed by atoms with E-state index in [2.05, 4.69) is 47.9 Å². The van der Waals surface area contributed by atoms with Gasteiger partial charge in [0.25, 0.3) is 5.91 Å². The number of hydrogen-bond acceptors (Lipinski definition) is 3. The van der Waals surface area contributed by atoms with Gasteiger partial charge in [-0.3, -0.25) is 4.79 Å². The SMILES string of the molecule is CCc1ccc2c(c1)Sc1ccc(C(=O)NCCc3ccccc3)cc1NC2. The predicted molar refractivity (Wildman–Crippen MR) is 116 cm³/mol. The average Bonchev–Trinajstić information content (AvgIpc) is 2.92.